The number of nitrogens with one attached hydrogen (secondary N) is 1. The number of hydrogen-bond donors (Lipinski definition) is 2. The molecule has 1 aliphatic heterocycles. The van der Waals surface area contributed by atoms with Gasteiger partial charge in [-0.05, 0) is 52.4 Å². The lowest BCUT2D eigenvalue weighted by Crippen LogP contribution is -2.25. The number of halogens is 2. The molecule has 1 saturated heterocycles. The van der Waals surface area contributed by atoms with Gasteiger partial charge in [-0.2, -0.15) is 11.8 Å². The van der Waals surface area contributed by atoms with Crippen molar-refractivity contribution in [1.29, 1.82) is 0 Å². The lowest BCUT2D eigenvalue weighted by Gasteiger charge is -2.24. The SMILES string of the molecule is O=C(O)c1ccc(NC2CCSCC2)c(F)c1Br. The first kappa shape index (κ1) is 13.7. The Morgan fingerprint density at radius 1 is 1.44 bits per heavy atom. The van der Waals surface area contributed by atoms with Gasteiger partial charge in [0.2, 0.25) is 0 Å². The Bertz CT molecular complexity index is 464. The molecule has 0 radical (unpaired) electrons. The third-order valence-corrected chi connectivity index (χ3v) is 4.72. The van der Waals surface area contributed by atoms with Crippen LogP contribution in [0, 0.1) is 5.82 Å². The van der Waals surface area contributed by atoms with Crippen molar-refractivity contribution in [3.63, 3.8) is 0 Å². The maximum absolute atomic E-state index is 14.0. The number of benzene rings is 1. The van der Waals surface area contributed by atoms with E-state index in [0.717, 1.165) is 24.3 Å². The van der Waals surface area contributed by atoms with Gasteiger partial charge in [-0.3, -0.25) is 0 Å². The van der Waals surface area contributed by atoms with Crippen molar-refractivity contribution in [3.8, 4) is 0 Å². The lowest BCUT2D eigenvalue weighted by molar-refractivity contribution is 0.0695. The normalized spacial score (nSPS) is 16.6. The van der Waals surface area contributed by atoms with Crippen molar-refractivity contribution < 1.29 is 14.3 Å². The summed E-state index contributed by atoms with van der Waals surface area (Å²) in [5, 5.41) is 12.0. The summed E-state index contributed by atoms with van der Waals surface area (Å²) < 4.78 is 14.0. The molecule has 0 saturated carbocycles. The fourth-order valence-corrected chi connectivity index (χ4v) is 3.51. The summed E-state index contributed by atoms with van der Waals surface area (Å²) in [4.78, 5) is 10.9. The maximum atomic E-state index is 14.0. The highest BCUT2D eigenvalue weighted by Crippen LogP contribution is 2.29. The minimum atomic E-state index is -1.14. The van der Waals surface area contributed by atoms with E-state index in [4.69, 9.17) is 5.11 Å². The average Bonchev–Trinajstić information content (AvgIpc) is 2.36. The number of carboxylic acids is 1. The number of carboxylic acid groups (broad SMARTS) is 1. The first-order valence-corrected chi connectivity index (χ1v) is 7.60. The highest BCUT2D eigenvalue weighted by molar-refractivity contribution is 9.10. The van der Waals surface area contributed by atoms with Crippen molar-refractivity contribution in [3.05, 3.63) is 28.0 Å². The molecule has 98 valence electrons. The molecular formula is C12H13BrFNO2S. The zero-order chi connectivity index (χ0) is 13.1. The van der Waals surface area contributed by atoms with Gasteiger partial charge in [0.05, 0.1) is 15.7 Å². The molecule has 2 N–H and O–H groups in total. The molecule has 18 heavy (non-hydrogen) atoms. The van der Waals surface area contributed by atoms with Gasteiger partial charge in [-0.25, -0.2) is 9.18 Å². The van der Waals surface area contributed by atoms with E-state index in [0.29, 0.717) is 5.69 Å². The molecule has 1 aliphatic rings. The number of anilines is 1. The fourth-order valence-electron chi connectivity index (χ4n) is 1.89. The van der Waals surface area contributed by atoms with Gasteiger partial charge in [-0.1, -0.05) is 0 Å². The molecule has 3 nitrogen and oxygen atoms in total. The molecule has 0 atom stereocenters. The van der Waals surface area contributed by atoms with E-state index in [9.17, 15) is 9.18 Å². The van der Waals surface area contributed by atoms with Crippen molar-refractivity contribution in [1.82, 2.24) is 0 Å². The highest BCUT2D eigenvalue weighted by atomic mass is 79.9. The van der Waals surface area contributed by atoms with Crippen LogP contribution in [0.15, 0.2) is 16.6 Å². The summed E-state index contributed by atoms with van der Waals surface area (Å²) in [6.45, 7) is 0. The van der Waals surface area contributed by atoms with E-state index in [1.807, 2.05) is 11.8 Å². The largest absolute Gasteiger partial charge is 0.478 e. The Morgan fingerprint density at radius 3 is 2.72 bits per heavy atom. The van der Waals surface area contributed by atoms with Crippen molar-refractivity contribution >= 4 is 39.3 Å². The van der Waals surface area contributed by atoms with Crippen LogP contribution in [0.25, 0.3) is 0 Å². The Balaban J connectivity index is 2.18. The van der Waals surface area contributed by atoms with Crippen LogP contribution in [0.4, 0.5) is 10.1 Å². The van der Waals surface area contributed by atoms with Crippen LogP contribution < -0.4 is 5.32 Å². The molecule has 1 aromatic rings. The Labute approximate surface area is 117 Å². The topological polar surface area (TPSA) is 49.3 Å². The van der Waals surface area contributed by atoms with Crippen LogP contribution in [-0.4, -0.2) is 28.6 Å². The third-order valence-electron chi connectivity index (χ3n) is 2.89. The van der Waals surface area contributed by atoms with Crippen LogP contribution in [0.3, 0.4) is 0 Å². The second kappa shape index (κ2) is 5.93. The summed E-state index contributed by atoms with van der Waals surface area (Å²) in [6, 6.07) is 3.17. The number of hydrogen-bond acceptors (Lipinski definition) is 3. The Hall–Kier alpha value is -0.750. The van der Waals surface area contributed by atoms with Gasteiger partial charge in [-0.15, -0.1) is 0 Å². The summed E-state index contributed by atoms with van der Waals surface area (Å²) in [7, 11) is 0. The molecule has 2 rings (SSSR count). The second-order valence-corrected chi connectivity index (χ2v) is 6.14. The predicted octanol–water partition coefficient (Wildman–Crippen LogP) is 3.59. The Morgan fingerprint density at radius 2 is 2.11 bits per heavy atom. The average molecular weight is 334 g/mol. The number of rotatable bonds is 3. The van der Waals surface area contributed by atoms with Gasteiger partial charge in [0.25, 0.3) is 0 Å². The smallest absolute Gasteiger partial charge is 0.336 e. The molecular weight excluding hydrogens is 321 g/mol. The molecule has 0 bridgehead atoms. The Kier molecular flexibility index (Phi) is 4.50. The van der Waals surface area contributed by atoms with Crippen LogP contribution in [-0.2, 0) is 0 Å². The van der Waals surface area contributed by atoms with E-state index in [-0.39, 0.29) is 16.1 Å². The minimum absolute atomic E-state index is 0.00480. The summed E-state index contributed by atoms with van der Waals surface area (Å²) in [6.07, 6.45) is 2.00. The predicted molar refractivity (Wildman–Crippen MR) is 75.0 cm³/mol. The van der Waals surface area contributed by atoms with E-state index >= 15 is 0 Å². The quantitative estimate of drug-likeness (QED) is 0.887. The molecule has 1 fully saturated rings. The van der Waals surface area contributed by atoms with Gasteiger partial charge < -0.3 is 10.4 Å². The summed E-state index contributed by atoms with van der Waals surface area (Å²) in [5.41, 5.74) is 0.307. The van der Waals surface area contributed by atoms with E-state index in [1.165, 1.54) is 12.1 Å². The number of aromatic carboxylic acids is 1. The standard InChI is InChI=1S/C12H13BrFNO2S/c13-10-8(12(16)17)1-2-9(11(10)14)15-7-3-5-18-6-4-7/h1-2,7,15H,3-6H2,(H,16,17). The van der Waals surface area contributed by atoms with Crippen LogP contribution >= 0.6 is 27.7 Å². The van der Waals surface area contributed by atoms with Crippen LogP contribution in [0.1, 0.15) is 23.2 Å². The fraction of sp³-hybridized carbons (Fsp3) is 0.417. The van der Waals surface area contributed by atoms with Crippen LogP contribution in [0.5, 0.6) is 0 Å². The summed E-state index contributed by atoms with van der Waals surface area (Å²) >= 11 is 4.90. The summed E-state index contributed by atoms with van der Waals surface area (Å²) in [5.74, 6) is 0.482. The lowest BCUT2D eigenvalue weighted by atomic mass is 10.1. The molecule has 0 unspecified atom stereocenters. The molecule has 0 spiro atoms. The molecule has 1 aromatic carbocycles. The maximum Gasteiger partial charge on any atom is 0.336 e. The van der Waals surface area contributed by atoms with Crippen molar-refractivity contribution in [2.45, 2.75) is 18.9 Å². The van der Waals surface area contributed by atoms with E-state index in [1.54, 1.807) is 0 Å². The molecule has 0 aliphatic carbocycles. The van der Waals surface area contributed by atoms with E-state index < -0.39 is 11.8 Å². The highest BCUT2D eigenvalue weighted by Gasteiger charge is 2.19. The van der Waals surface area contributed by atoms with E-state index in [2.05, 4.69) is 21.2 Å². The minimum Gasteiger partial charge on any atom is -0.478 e. The zero-order valence-electron chi connectivity index (χ0n) is 9.58. The first-order valence-electron chi connectivity index (χ1n) is 5.65. The third kappa shape index (κ3) is 2.98. The molecule has 6 heteroatoms. The number of thioether (sulfide) groups is 1. The second-order valence-electron chi connectivity index (χ2n) is 4.12. The molecule has 0 amide bonds. The van der Waals surface area contributed by atoms with Crippen molar-refractivity contribution in [2.75, 3.05) is 16.8 Å². The van der Waals surface area contributed by atoms with Gasteiger partial charge >= 0.3 is 5.97 Å². The van der Waals surface area contributed by atoms with Gasteiger partial charge in [0.1, 0.15) is 0 Å². The van der Waals surface area contributed by atoms with Gasteiger partial charge in [0.15, 0.2) is 5.82 Å². The van der Waals surface area contributed by atoms with Crippen molar-refractivity contribution in [2.24, 2.45) is 0 Å². The number of carbonyl (C=O) groups is 1. The molecule has 0 aromatic heterocycles. The monoisotopic (exact) mass is 333 g/mol. The zero-order valence-corrected chi connectivity index (χ0v) is 12.0. The van der Waals surface area contributed by atoms with Gasteiger partial charge in [0, 0.05) is 6.04 Å². The first-order chi connectivity index (χ1) is 8.59. The van der Waals surface area contributed by atoms with Crippen LogP contribution in [0.2, 0.25) is 0 Å². The molecule has 1 heterocycles.